The fourth-order valence-electron chi connectivity index (χ4n) is 1.22. The average Bonchev–Trinajstić information content (AvgIpc) is 2.02. The summed E-state index contributed by atoms with van der Waals surface area (Å²) in [6.45, 7) is 4.09. The third kappa shape index (κ3) is 2.18. The van der Waals surface area contributed by atoms with E-state index in [4.69, 9.17) is 29.6 Å². The molecule has 2 heteroatoms. The molecule has 0 heterocycles. The number of rotatable bonds is 1. The first-order valence-corrected chi connectivity index (χ1v) is 4.77. The summed E-state index contributed by atoms with van der Waals surface area (Å²) in [4.78, 5) is 0. The molecule has 0 fully saturated rings. The van der Waals surface area contributed by atoms with E-state index in [1.165, 1.54) is 0 Å². The van der Waals surface area contributed by atoms with Crippen molar-refractivity contribution < 1.29 is 0 Å². The summed E-state index contributed by atoms with van der Waals surface area (Å²) in [6, 6.07) is 3.53. The first kappa shape index (κ1) is 10.4. The Bertz CT molecular complexity index is 336. The molecule has 0 saturated carbocycles. The van der Waals surface area contributed by atoms with Gasteiger partial charge in [0, 0.05) is 15.6 Å². The summed E-state index contributed by atoms with van der Waals surface area (Å²) in [6.07, 6.45) is 5.25. The molecule has 0 N–H and O–H groups in total. The van der Waals surface area contributed by atoms with Gasteiger partial charge in [-0.2, -0.15) is 0 Å². The molecule has 0 radical (unpaired) electrons. The Morgan fingerprint density at radius 1 is 1.23 bits per heavy atom. The van der Waals surface area contributed by atoms with Gasteiger partial charge in [-0.15, -0.1) is 6.42 Å². The lowest BCUT2D eigenvalue weighted by Crippen LogP contribution is -1.91. The van der Waals surface area contributed by atoms with Gasteiger partial charge in [-0.25, -0.2) is 0 Å². The first-order chi connectivity index (χ1) is 6.06. The molecular formula is C11H10Cl2. The number of hydrogen-bond donors (Lipinski definition) is 0. The fourth-order valence-corrected chi connectivity index (χ4v) is 2.14. The van der Waals surface area contributed by atoms with E-state index in [0.717, 1.165) is 11.1 Å². The molecule has 0 aromatic heterocycles. The quantitative estimate of drug-likeness (QED) is 0.616. The summed E-state index contributed by atoms with van der Waals surface area (Å²) in [5.74, 6) is 2.82. The van der Waals surface area contributed by atoms with Crippen molar-refractivity contribution in [2.24, 2.45) is 0 Å². The molecule has 0 nitrogen and oxygen atoms in total. The first-order valence-electron chi connectivity index (χ1n) is 4.01. The molecular weight excluding hydrogens is 203 g/mol. The molecule has 0 saturated heterocycles. The highest BCUT2D eigenvalue weighted by atomic mass is 35.5. The van der Waals surface area contributed by atoms with E-state index < -0.39 is 0 Å². The molecule has 0 amide bonds. The van der Waals surface area contributed by atoms with Gasteiger partial charge in [0.15, 0.2) is 0 Å². The number of hydrogen-bond acceptors (Lipinski definition) is 0. The molecule has 0 atom stereocenters. The van der Waals surface area contributed by atoms with Crippen molar-refractivity contribution >= 4 is 23.2 Å². The normalized spacial score (nSPS) is 10.2. The maximum atomic E-state index is 6.03. The highest BCUT2D eigenvalue weighted by Gasteiger charge is 2.10. The van der Waals surface area contributed by atoms with E-state index in [-0.39, 0.29) is 0 Å². The van der Waals surface area contributed by atoms with Gasteiger partial charge in [-0.05, 0) is 23.6 Å². The molecule has 1 aromatic carbocycles. The van der Waals surface area contributed by atoms with Crippen LogP contribution in [-0.2, 0) is 0 Å². The summed E-state index contributed by atoms with van der Waals surface area (Å²) in [5, 5.41) is 1.30. The second kappa shape index (κ2) is 4.05. The highest BCUT2D eigenvalue weighted by Crippen LogP contribution is 2.32. The Labute approximate surface area is 88.9 Å². The summed E-state index contributed by atoms with van der Waals surface area (Å²) in [7, 11) is 0. The van der Waals surface area contributed by atoms with Gasteiger partial charge in [0.1, 0.15) is 0 Å². The zero-order valence-electron chi connectivity index (χ0n) is 7.57. The molecule has 0 bridgehead atoms. The third-order valence-electron chi connectivity index (χ3n) is 1.82. The molecule has 13 heavy (non-hydrogen) atoms. The van der Waals surface area contributed by atoms with Crippen LogP contribution in [0.25, 0.3) is 0 Å². The Morgan fingerprint density at radius 3 is 2.00 bits per heavy atom. The van der Waals surface area contributed by atoms with Crippen LogP contribution in [0.2, 0.25) is 10.0 Å². The second-order valence-electron chi connectivity index (χ2n) is 3.15. The van der Waals surface area contributed by atoms with Gasteiger partial charge in [0.2, 0.25) is 0 Å². The van der Waals surface area contributed by atoms with Crippen LogP contribution in [0.4, 0.5) is 0 Å². The van der Waals surface area contributed by atoms with Crippen LogP contribution in [-0.4, -0.2) is 0 Å². The van der Waals surface area contributed by atoms with Gasteiger partial charge < -0.3 is 0 Å². The molecule has 0 aliphatic heterocycles. The smallest absolute Gasteiger partial charge is 0.0467 e. The lowest BCUT2D eigenvalue weighted by atomic mass is 10.0. The van der Waals surface area contributed by atoms with Crippen molar-refractivity contribution in [1.29, 1.82) is 0 Å². The predicted octanol–water partition coefficient (Wildman–Crippen LogP) is 4.10. The van der Waals surface area contributed by atoms with Crippen molar-refractivity contribution in [3.05, 3.63) is 33.3 Å². The van der Waals surface area contributed by atoms with Crippen LogP contribution in [0.1, 0.15) is 30.9 Å². The van der Waals surface area contributed by atoms with E-state index in [2.05, 4.69) is 5.92 Å². The monoisotopic (exact) mass is 212 g/mol. The number of benzene rings is 1. The van der Waals surface area contributed by atoms with E-state index in [1.54, 1.807) is 12.1 Å². The lowest BCUT2D eigenvalue weighted by Gasteiger charge is -2.10. The van der Waals surface area contributed by atoms with Crippen molar-refractivity contribution in [3.63, 3.8) is 0 Å². The Morgan fingerprint density at radius 2 is 1.69 bits per heavy atom. The Balaban J connectivity index is 3.33. The minimum Gasteiger partial charge on any atom is -0.115 e. The van der Waals surface area contributed by atoms with E-state index in [1.807, 2.05) is 13.8 Å². The van der Waals surface area contributed by atoms with Crippen LogP contribution < -0.4 is 0 Å². The average molecular weight is 213 g/mol. The van der Waals surface area contributed by atoms with Crippen LogP contribution in [0.15, 0.2) is 12.1 Å². The molecule has 1 rings (SSSR count). The molecule has 0 aliphatic carbocycles. The van der Waals surface area contributed by atoms with Gasteiger partial charge >= 0.3 is 0 Å². The second-order valence-corrected chi connectivity index (χ2v) is 3.97. The van der Waals surface area contributed by atoms with Crippen LogP contribution in [0.3, 0.4) is 0 Å². The van der Waals surface area contributed by atoms with Gasteiger partial charge in [-0.1, -0.05) is 43.0 Å². The van der Waals surface area contributed by atoms with Gasteiger partial charge in [-0.3, -0.25) is 0 Å². The Hall–Kier alpha value is -0.640. The predicted molar refractivity (Wildman–Crippen MR) is 58.5 cm³/mol. The number of terminal acetylenes is 1. The van der Waals surface area contributed by atoms with Crippen LogP contribution in [0, 0.1) is 12.3 Å². The van der Waals surface area contributed by atoms with Crippen LogP contribution in [0.5, 0.6) is 0 Å². The van der Waals surface area contributed by atoms with E-state index in [0.29, 0.717) is 16.0 Å². The summed E-state index contributed by atoms with van der Waals surface area (Å²) in [5.41, 5.74) is 1.68. The maximum Gasteiger partial charge on any atom is 0.0467 e. The third-order valence-corrected chi connectivity index (χ3v) is 2.45. The maximum absolute atomic E-state index is 6.03. The van der Waals surface area contributed by atoms with E-state index in [9.17, 15) is 0 Å². The standard InChI is InChI=1S/C11H10Cl2/c1-4-8-5-9(12)11(7(2)3)10(13)6-8/h1,5-7H,2-3H3. The summed E-state index contributed by atoms with van der Waals surface area (Å²) >= 11 is 12.1. The SMILES string of the molecule is C#Cc1cc(Cl)c(C(C)C)c(Cl)c1. The number of halogens is 2. The van der Waals surface area contributed by atoms with Crippen molar-refractivity contribution in [2.75, 3.05) is 0 Å². The van der Waals surface area contributed by atoms with Crippen molar-refractivity contribution in [2.45, 2.75) is 19.8 Å². The minimum atomic E-state index is 0.312. The highest BCUT2D eigenvalue weighted by molar-refractivity contribution is 6.36. The minimum absolute atomic E-state index is 0.312. The van der Waals surface area contributed by atoms with Crippen LogP contribution >= 0.6 is 23.2 Å². The molecule has 0 unspecified atom stereocenters. The van der Waals surface area contributed by atoms with Crippen molar-refractivity contribution in [1.82, 2.24) is 0 Å². The molecule has 1 aromatic rings. The molecule has 0 spiro atoms. The Kier molecular flexibility index (Phi) is 3.25. The molecule has 68 valence electrons. The fraction of sp³-hybridized carbons (Fsp3) is 0.273. The topological polar surface area (TPSA) is 0 Å². The lowest BCUT2D eigenvalue weighted by molar-refractivity contribution is 0.867. The van der Waals surface area contributed by atoms with Crippen molar-refractivity contribution in [3.8, 4) is 12.3 Å². The largest absolute Gasteiger partial charge is 0.115 e. The van der Waals surface area contributed by atoms with Gasteiger partial charge in [0.05, 0.1) is 0 Å². The van der Waals surface area contributed by atoms with Gasteiger partial charge in [0.25, 0.3) is 0 Å². The zero-order valence-corrected chi connectivity index (χ0v) is 9.08. The molecule has 0 aliphatic rings. The zero-order chi connectivity index (χ0) is 10.0. The summed E-state index contributed by atoms with van der Waals surface area (Å²) < 4.78 is 0. The van der Waals surface area contributed by atoms with E-state index >= 15 is 0 Å².